The fraction of sp³-hybridized carbons (Fsp3) is 0.391. The molecule has 1 fully saturated rings. The highest BCUT2D eigenvalue weighted by Gasteiger charge is 2.60. The van der Waals surface area contributed by atoms with Crippen LogP contribution >= 0.6 is 22.6 Å². The monoisotopic (exact) mass is 530 g/mol. The van der Waals surface area contributed by atoms with E-state index in [2.05, 4.69) is 29.2 Å². The fourth-order valence-electron chi connectivity index (χ4n) is 3.23. The fourth-order valence-corrected chi connectivity index (χ4v) is 3.94. The van der Waals surface area contributed by atoms with Crippen LogP contribution in [0.1, 0.15) is 11.1 Å². The minimum Gasteiger partial charge on any atom is -0.368 e. The van der Waals surface area contributed by atoms with Crippen molar-refractivity contribution in [2.75, 3.05) is 11.0 Å². The van der Waals surface area contributed by atoms with Crippen molar-refractivity contribution in [3.05, 3.63) is 84.4 Å². The van der Waals surface area contributed by atoms with Crippen molar-refractivity contribution in [1.29, 1.82) is 0 Å². The first-order valence-electron chi connectivity index (χ1n) is 9.69. The van der Waals surface area contributed by atoms with Crippen molar-refractivity contribution in [3.8, 4) is 0 Å². The Bertz CT molecular complexity index is 775. The van der Waals surface area contributed by atoms with E-state index in [0.29, 0.717) is 4.43 Å². The van der Waals surface area contributed by atoms with Crippen LogP contribution in [0.2, 0.25) is 0 Å². The Morgan fingerprint density at radius 2 is 1.50 bits per heavy atom. The molecule has 1 aliphatic heterocycles. The van der Waals surface area contributed by atoms with Crippen molar-refractivity contribution in [2.24, 2.45) is 0 Å². The van der Waals surface area contributed by atoms with Gasteiger partial charge < -0.3 is 18.9 Å². The number of hydrogen-bond donors (Lipinski definition) is 0. The van der Waals surface area contributed by atoms with E-state index in [1.165, 1.54) is 6.08 Å². The zero-order valence-electron chi connectivity index (χ0n) is 16.5. The summed E-state index contributed by atoms with van der Waals surface area (Å²) in [4.78, 5) is 0. The first kappa shape index (κ1) is 23.3. The molecule has 0 unspecified atom stereocenters. The molecule has 2 aromatic carbocycles. The van der Waals surface area contributed by atoms with Gasteiger partial charge in [0, 0.05) is 4.43 Å². The molecule has 2 aromatic rings. The van der Waals surface area contributed by atoms with Gasteiger partial charge >= 0.3 is 5.92 Å². The lowest BCUT2D eigenvalue weighted by molar-refractivity contribution is -0.362. The number of hydrogen-bond acceptors (Lipinski definition) is 4. The summed E-state index contributed by atoms with van der Waals surface area (Å²) in [5, 5.41) is 0. The van der Waals surface area contributed by atoms with E-state index >= 15 is 8.78 Å². The highest BCUT2D eigenvalue weighted by Crippen LogP contribution is 2.39. The minimum atomic E-state index is -3.40. The van der Waals surface area contributed by atoms with Gasteiger partial charge in [-0.15, -0.1) is 6.58 Å². The van der Waals surface area contributed by atoms with Gasteiger partial charge in [-0.3, -0.25) is 0 Å². The molecule has 4 nitrogen and oxygen atoms in total. The van der Waals surface area contributed by atoms with Gasteiger partial charge in [0.05, 0.1) is 25.9 Å². The van der Waals surface area contributed by atoms with Crippen LogP contribution in [0.25, 0.3) is 0 Å². The average molecular weight is 530 g/mol. The third-order valence-electron chi connectivity index (χ3n) is 4.73. The molecule has 30 heavy (non-hydrogen) atoms. The molecule has 0 aromatic heterocycles. The Labute approximate surface area is 189 Å². The summed E-state index contributed by atoms with van der Waals surface area (Å²) in [6.45, 7) is 3.69. The summed E-state index contributed by atoms with van der Waals surface area (Å²) in [6, 6.07) is 18.6. The van der Waals surface area contributed by atoms with Gasteiger partial charge in [0.15, 0.2) is 6.10 Å². The summed E-state index contributed by atoms with van der Waals surface area (Å²) in [5.41, 5.74) is 1.69. The average Bonchev–Trinajstić information content (AvgIpc) is 2.77. The second-order valence-corrected chi connectivity index (χ2v) is 7.82. The molecule has 0 aliphatic carbocycles. The van der Waals surface area contributed by atoms with E-state index < -0.39 is 30.5 Å². The molecule has 1 aliphatic rings. The molecule has 0 saturated carbocycles. The first-order chi connectivity index (χ1) is 14.6. The molecule has 0 bridgehead atoms. The zero-order valence-corrected chi connectivity index (χ0v) is 18.6. The number of rotatable bonds is 10. The summed E-state index contributed by atoms with van der Waals surface area (Å²) < 4.78 is 53.7. The lowest BCUT2D eigenvalue weighted by Crippen LogP contribution is -2.64. The first-order valence-corrected chi connectivity index (χ1v) is 11.2. The normalized spacial score (nSPS) is 25.7. The predicted octanol–water partition coefficient (Wildman–Crippen LogP) is 5.16. The predicted molar refractivity (Wildman–Crippen MR) is 119 cm³/mol. The Morgan fingerprint density at radius 3 is 2.03 bits per heavy atom. The lowest BCUT2D eigenvalue weighted by Gasteiger charge is -2.45. The van der Waals surface area contributed by atoms with Crippen LogP contribution in [0.3, 0.4) is 0 Å². The molecule has 7 heteroatoms. The standard InChI is InChI=1S/C23H25F2IO4/c1-2-13-27-22-23(24,25)21(29-16-18-11-7-4-8-12-18)20(19(14-26)30-22)28-15-17-9-5-3-6-10-17/h2-12,19-22H,1,13-16H2/t19-,20-,21+,22-/m1/s1. The molecule has 0 amide bonds. The molecule has 4 atom stereocenters. The highest BCUT2D eigenvalue weighted by atomic mass is 127. The van der Waals surface area contributed by atoms with Crippen molar-refractivity contribution in [2.45, 2.75) is 43.7 Å². The number of ether oxygens (including phenoxy) is 4. The largest absolute Gasteiger partial charge is 0.368 e. The summed E-state index contributed by atoms with van der Waals surface area (Å²) in [7, 11) is 0. The molecule has 0 spiro atoms. The van der Waals surface area contributed by atoms with Crippen LogP contribution in [0.4, 0.5) is 8.78 Å². The van der Waals surface area contributed by atoms with Gasteiger partial charge in [-0.1, -0.05) is 89.3 Å². The molecule has 3 rings (SSSR count). The third kappa shape index (κ3) is 5.85. The number of alkyl halides is 3. The second kappa shape index (κ2) is 11.3. The number of benzene rings is 2. The van der Waals surface area contributed by atoms with E-state index in [1.54, 1.807) is 0 Å². The van der Waals surface area contributed by atoms with Crippen molar-refractivity contribution in [1.82, 2.24) is 0 Å². The SMILES string of the molecule is C=CCO[C@@H]1O[C@H](CI)[C@@H](OCc2ccccc2)[C@H](OCc2ccccc2)C1(F)F. The lowest BCUT2D eigenvalue weighted by atomic mass is 9.98. The van der Waals surface area contributed by atoms with Crippen LogP contribution in [0.5, 0.6) is 0 Å². The van der Waals surface area contributed by atoms with Crippen molar-refractivity contribution in [3.63, 3.8) is 0 Å². The smallest absolute Gasteiger partial charge is 0.326 e. The molecular weight excluding hydrogens is 505 g/mol. The van der Waals surface area contributed by atoms with E-state index in [9.17, 15) is 0 Å². The van der Waals surface area contributed by atoms with Gasteiger partial charge in [0.25, 0.3) is 0 Å². The van der Waals surface area contributed by atoms with Gasteiger partial charge in [0.1, 0.15) is 6.10 Å². The third-order valence-corrected chi connectivity index (χ3v) is 5.60. The minimum absolute atomic E-state index is 0.0361. The summed E-state index contributed by atoms with van der Waals surface area (Å²) in [5.74, 6) is -3.40. The molecule has 1 saturated heterocycles. The van der Waals surface area contributed by atoms with Gasteiger partial charge in [-0.25, -0.2) is 0 Å². The van der Waals surface area contributed by atoms with E-state index in [-0.39, 0.29) is 19.8 Å². The molecular formula is C23H25F2IO4. The Balaban J connectivity index is 1.81. The Hall–Kier alpha value is -1.39. The van der Waals surface area contributed by atoms with Gasteiger partial charge in [0.2, 0.25) is 6.29 Å². The van der Waals surface area contributed by atoms with Crippen LogP contribution in [-0.4, -0.2) is 41.6 Å². The maximum atomic E-state index is 15.4. The zero-order chi connectivity index (χ0) is 21.4. The van der Waals surface area contributed by atoms with E-state index in [0.717, 1.165) is 11.1 Å². The summed E-state index contributed by atoms with van der Waals surface area (Å²) >= 11 is 2.10. The highest BCUT2D eigenvalue weighted by molar-refractivity contribution is 14.1. The maximum absolute atomic E-state index is 15.4. The quantitative estimate of drug-likeness (QED) is 0.242. The number of halogens is 3. The van der Waals surface area contributed by atoms with Gasteiger partial charge in [-0.2, -0.15) is 8.78 Å². The molecule has 0 radical (unpaired) electrons. The van der Waals surface area contributed by atoms with E-state index in [1.807, 2.05) is 60.7 Å². The van der Waals surface area contributed by atoms with E-state index in [4.69, 9.17) is 18.9 Å². The van der Waals surface area contributed by atoms with Crippen molar-refractivity contribution >= 4 is 22.6 Å². The Kier molecular flexibility index (Phi) is 8.76. The topological polar surface area (TPSA) is 36.9 Å². The molecule has 1 heterocycles. The molecule has 0 N–H and O–H groups in total. The van der Waals surface area contributed by atoms with Crippen LogP contribution < -0.4 is 0 Å². The van der Waals surface area contributed by atoms with Crippen LogP contribution in [-0.2, 0) is 32.2 Å². The molecule has 162 valence electrons. The summed E-state index contributed by atoms with van der Waals surface area (Å²) in [6.07, 6.45) is -3.40. The Morgan fingerprint density at radius 1 is 0.933 bits per heavy atom. The second-order valence-electron chi connectivity index (χ2n) is 6.94. The van der Waals surface area contributed by atoms with Gasteiger partial charge in [-0.05, 0) is 11.1 Å². The van der Waals surface area contributed by atoms with Crippen LogP contribution in [0, 0.1) is 0 Å². The van der Waals surface area contributed by atoms with Crippen LogP contribution in [0.15, 0.2) is 73.3 Å². The van der Waals surface area contributed by atoms with Crippen molar-refractivity contribution < 1.29 is 27.7 Å². The maximum Gasteiger partial charge on any atom is 0.326 e.